The molecule has 2 aromatic carbocycles. The maximum absolute atomic E-state index is 13.4. The molecule has 8 atom stereocenters. The third kappa shape index (κ3) is 35.4. The van der Waals surface area contributed by atoms with Crippen molar-refractivity contribution >= 4 is 79.9 Å². The topological polar surface area (TPSA) is 397 Å². The third-order valence-electron chi connectivity index (χ3n) is 23.5. The van der Waals surface area contributed by atoms with Gasteiger partial charge in [-0.15, -0.1) is 0 Å². The molecular formula is C93H139N11O22S. The number of sulfonamides is 1. The molecule has 0 bridgehead atoms. The molecule has 0 spiro atoms. The maximum Gasteiger partial charge on any atom is 0.407 e. The summed E-state index contributed by atoms with van der Waals surface area (Å²) >= 11 is 0. The quantitative estimate of drug-likeness (QED) is 0.00923. The third-order valence-corrected chi connectivity index (χ3v) is 25.4. The summed E-state index contributed by atoms with van der Waals surface area (Å²) in [5, 5.41) is 22.4. The van der Waals surface area contributed by atoms with E-state index in [-0.39, 0.29) is 98.2 Å². The molecule has 127 heavy (non-hydrogen) atoms. The second-order valence-electron chi connectivity index (χ2n) is 33.7. The van der Waals surface area contributed by atoms with Gasteiger partial charge in [0.15, 0.2) is 11.2 Å². The van der Waals surface area contributed by atoms with Crippen LogP contribution < -0.4 is 21.3 Å². The van der Waals surface area contributed by atoms with E-state index >= 15 is 0 Å². The predicted molar refractivity (Wildman–Crippen MR) is 481 cm³/mol. The number of methoxy groups -OCH3 is 1. The van der Waals surface area contributed by atoms with Gasteiger partial charge in [-0.05, 0) is 180 Å². The Morgan fingerprint density at radius 2 is 1.39 bits per heavy atom. The standard InChI is InChI=1S/C93H139N11O22S/c1-66(16-11-9-12-17-68(3)84(114-8)60-78-18-15-19-83(124-78)88(109)91(110)102-36-13-10-14-37-102)56-69(4)80(106)61-81(107)70(5)57-67(2)20-27-76(123-65-105)28-22-71-23-29-77(30-24-71)125-93(111)96-34-40-116-42-44-118-46-48-120-50-52-122-54-53-121-51-49-119-47-45-117-43-41-115-39-33-85(108)95-35-55-127(112,113)103-38-32-73-58-72(21-25-75(73)63-103)62-104-90-86(89(101(6)7)97-64-98-90)87(100-104)74-26-31-82-79(59-74)99-92(94)126-82/h9,11-12,16-17,21,25-26,31,57-59,64-67,69,71,76-78,81,83-84,107H,10,13-15,18-20,22-24,27-30,32-56,60-63H2,1-8H3,(H2,94,99)(H,95,108)(H,96,111)/b12-9+,16-11+,68-17+,70-57+/t66-,67+,69-,71-,76+,77-,78?,81+,83?,84+/m1/s1. The van der Waals surface area contributed by atoms with Crippen molar-refractivity contribution in [3.05, 3.63) is 107 Å². The van der Waals surface area contributed by atoms with Gasteiger partial charge in [0.25, 0.3) is 18.4 Å². The highest BCUT2D eigenvalue weighted by atomic mass is 32.2. The lowest BCUT2D eigenvalue weighted by molar-refractivity contribution is -0.157. The normalized spacial score (nSPS) is 18.9. The Kier molecular flexibility index (Phi) is 44.7. The number of piperidine rings is 1. The summed E-state index contributed by atoms with van der Waals surface area (Å²) in [5.74, 6) is -0.209. The Labute approximate surface area is 748 Å². The van der Waals surface area contributed by atoms with Crippen LogP contribution in [0.15, 0.2) is 94.7 Å². The summed E-state index contributed by atoms with van der Waals surface area (Å²) in [5.41, 5.74) is 13.9. The van der Waals surface area contributed by atoms with Gasteiger partial charge in [0.05, 0.1) is 142 Å². The van der Waals surface area contributed by atoms with Gasteiger partial charge in [-0.1, -0.05) is 75.4 Å². The number of hydrogen-bond donors (Lipinski definition) is 4. The number of aliphatic hydroxyl groups is 1. The molecule has 3 aromatic heterocycles. The smallest absolute Gasteiger partial charge is 0.407 e. The van der Waals surface area contributed by atoms with Crippen molar-refractivity contribution in [3.63, 3.8) is 0 Å². The number of hydrogen-bond acceptors (Lipinski definition) is 28. The number of nitrogens with one attached hydrogen (secondary N) is 2. The Morgan fingerprint density at radius 3 is 2.05 bits per heavy atom. The fourth-order valence-corrected chi connectivity index (χ4v) is 17.6. The molecule has 5 aromatic rings. The van der Waals surface area contributed by atoms with E-state index in [0.29, 0.717) is 205 Å². The lowest BCUT2D eigenvalue weighted by Crippen LogP contribution is -2.46. The van der Waals surface area contributed by atoms with E-state index in [1.165, 1.54) is 10.6 Å². The Balaban J connectivity index is 0.492. The predicted octanol–water partition coefficient (Wildman–Crippen LogP) is 10.6. The van der Waals surface area contributed by atoms with Crippen molar-refractivity contribution in [2.75, 3.05) is 176 Å². The first kappa shape index (κ1) is 102. The number of rotatable bonds is 60. The second kappa shape index (κ2) is 55.5. The van der Waals surface area contributed by atoms with Crippen LogP contribution in [-0.2, 0) is 110 Å². The molecule has 33 nitrogen and oxygen atoms in total. The van der Waals surface area contributed by atoms with Crippen LogP contribution in [0.1, 0.15) is 167 Å². The monoisotopic (exact) mass is 1790 g/mol. The summed E-state index contributed by atoms with van der Waals surface area (Å²) in [4.78, 5) is 93.0. The number of ether oxygens (including phenoxy) is 12. The molecule has 3 amide bonds. The summed E-state index contributed by atoms with van der Waals surface area (Å²) in [6.45, 7) is 18.8. The Bertz CT molecular complexity index is 4450. The van der Waals surface area contributed by atoms with Gasteiger partial charge >= 0.3 is 6.09 Å². The number of carbonyl (C=O) groups is 6. The fraction of sp³-hybridized carbons (Fsp3) is 0.656. The number of fused-ring (bicyclic) bond motifs is 3. The molecule has 3 aliphatic heterocycles. The first-order valence-electron chi connectivity index (χ1n) is 45.4. The highest BCUT2D eigenvalue weighted by Gasteiger charge is 2.37. The van der Waals surface area contributed by atoms with E-state index in [9.17, 15) is 42.3 Å². The summed E-state index contributed by atoms with van der Waals surface area (Å²) in [6, 6.07) is 11.8. The number of alkyl carbamates (subject to hydrolysis) is 1. The lowest BCUT2D eigenvalue weighted by Gasteiger charge is -2.33. The number of carbonyl (C=O) groups excluding carboxylic acids is 6. The van der Waals surface area contributed by atoms with Gasteiger partial charge in [-0.2, -0.15) is 14.4 Å². The molecule has 4 aliphatic rings. The molecule has 3 fully saturated rings. The Hall–Kier alpha value is -8.49. The molecule has 1 aliphatic carbocycles. The number of oxazole rings is 1. The number of nitrogens with zero attached hydrogens (tertiary/aromatic N) is 8. The van der Waals surface area contributed by atoms with Gasteiger partial charge in [0.1, 0.15) is 47.5 Å². The number of Topliss-reactive ketones (excluding diaryl/α,β-unsaturated/α-hetero) is 2. The van der Waals surface area contributed by atoms with Crippen LogP contribution in [0.4, 0.5) is 16.6 Å². The number of anilines is 2. The van der Waals surface area contributed by atoms with Gasteiger partial charge in [-0.25, -0.2) is 27.9 Å². The van der Waals surface area contributed by atoms with Crippen LogP contribution in [0.3, 0.4) is 0 Å². The average molecular weight is 1800 g/mol. The second-order valence-corrected chi connectivity index (χ2v) is 35.8. The molecule has 9 rings (SSSR count). The molecular weight excluding hydrogens is 1660 g/mol. The minimum absolute atomic E-state index is 0.0122. The van der Waals surface area contributed by atoms with E-state index in [1.54, 1.807) is 12.0 Å². The number of ketones is 2. The van der Waals surface area contributed by atoms with E-state index in [4.69, 9.17) is 72.1 Å². The number of nitrogens with two attached hydrogens (primary N) is 1. The van der Waals surface area contributed by atoms with Gasteiger partial charge < -0.3 is 92.5 Å². The van der Waals surface area contributed by atoms with E-state index in [1.807, 2.05) is 105 Å². The van der Waals surface area contributed by atoms with E-state index < -0.39 is 40.0 Å². The van der Waals surface area contributed by atoms with E-state index in [0.717, 1.165) is 116 Å². The minimum atomic E-state index is -3.66. The molecule has 2 saturated heterocycles. The van der Waals surface area contributed by atoms with Crippen LogP contribution >= 0.6 is 0 Å². The van der Waals surface area contributed by atoms with Crippen molar-refractivity contribution in [1.82, 2.24) is 44.6 Å². The minimum Gasteiger partial charge on any atom is -0.465 e. The molecule has 2 unspecified atom stereocenters. The van der Waals surface area contributed by atoms with Crippen molar-refractivity contribution in [2.24, 2.45) is 23.7 Å². The number of nitrogen functional groups attached to an aromatic ring is 1. The zero-order chi connectivity index (χ0) is 90.7. The van der Waals surface area contributed by atoms with Crippen molar-refractivity contribution in [3.8, 4) is 11.3 Å². The molecule has 0 radical (unpaired) electrons. The largest absolute Gasteiger partial charge is 0.465 e. The Morgan fingerprint density at radius 1 is 0.717 bits per heavy atom. The summed E-state index contributed by atoms with van der Waals surface area (Å²) < 4.78 is 104. The van der Waals surface area contributed by atoms with E-state index in [2.05, 4.69) is 51.6 Å². The zero-order valence-electron chi connectivity index (χ0n) is 75.8. The number of amides is 3. The zero-order valence-corrected chi connectivity index (χ0v) is 76.7. The molecule has 5 N–H and O–H groups in total. The van der Waals surface area contributed by atoms with Crippen molar-refractivity contribution < 1.29 is 104 Å². The van der Waals surface area contributed by atoms with Crippen LogP contribution in [0, 0.1) is 23.7 Å². The number of likely N-dealkylation sites (tertiary alicyclic amines) is 1. The maximum atomic E-state index is 13.4. The van der Waals surface area contributed by atoms with Crippen molar-refractivity contribution in [2.45, 2.75) is 206 Å². The molecule has 6 heterocycles. The lowest BCUT2D eigenvalue weighted by atomic mass is 9.83. The van der Waals surface area contributed by atoms with Crippen LogP contribution in [0.5, 0.6) is 0 Å². The van der Waals surface area contributed by atoms with Crippen LogP contribution in [0.25, 0.3) is 33.4 Å². The highest BCUT2D eigenvalue weighted by Crippen LogP contribution is 2.37. The molecule has 34 heteroatoms. The first-order chi connectivity index (χ1) is 61.4. The van der Waals surface area contributed by atoms with Gasteiger partial charge in [-0.3, -0.25) is 24.0 Å². The average Bonchev–Trinajstić information content (AvgIpc) is 1.60. The summed E-state index contributed by atoms with van der Waals surface area (Å²) in [7, 11) is 1.85. The highest BCUT2D eigenvalue weighted by molar-refractivity contribution is 7.89. The number of benzene rings is 2. The molecule has 704 valence electrons. The van der Waals surface area contributed by atoms with Crippen LogP contribution in [0.2, 0.25) is 0 Å². The SMILES string of the molecule is CO[C@@H](CC1CCCC(C(=O)C(=O)N2CCCCC2)O1)/C(C)=C/C=C/C=C/[C@@H](C)C[C@@H](C)C(=O)C[C@H](O)/C(C)=C/[C@@H](C)CC[C@@H](CC[C@H]1CC[C@H](OC(=O)NCCOCCOCCOCCOCCOCCOCCOCCOCCC(=O)NCCS(=O)(=O)N2CCc3cc(Cn4nc(-c5ccc6oc(N)nc6c5)c5c(N(C)C)ncnc54)ccc3C2)CC1)OC=O. The first-order valence-corrected chi connectivity index (χ1v) is 47.0. The molecule has 1 saturated carbocycles. The number of aromatic nitrogens is 5. The van der Waals surface area contributed by atoms with Crippen molar-refractivity contribution in [1.29, 1.82) is 0 Å². The van der Waals surface area contributed by atoms with Gasteiger partial charge in [0.2, 0.25) is 21.7 Å². The fourth-order valence-electron chi connectivity index (χ4n) is 16.3. The van der Waals surface area contributed by atoms with Gasteiger partial charge in [0, 0.05) is 91.2 Å². The van der Waals surface area contributed by atoms with Crippen LogP contribution in [-0.4, -0.2) is 285 Å². The number of allylic oxidation sites excluding steroid dienone is 6. The number of aliphatic hydroxyl groups excluding tert-OH is 1. The summed E-state index contributed by atoms with van der Waals surface area (Å²) in [6.07, 6.45) is 24.1.